The highest BCUT2D eigenvalue weighted by Gasteiger charge is 2.28. The van der Waals surface area contributed by atoms with Gasteiger partial charge in [0.25, 0.3) is 0 Å². The van der Waals surface area contributed by atoms with E-state index >= 15 is 0 Å². The van der Waals surface area contributed by atoms with Gasteiger partial charge >= 0.3 is 0 Å². The van der Waals surface area contributed by atoms with Crippen molar-refractivity contribution in [1.29, 1.82) is 0 Å². The molecule has 4 atom stereocenters. The molecule has 0 saturated heterocycles. The molecular weight excluding hydrogens is 935 g/mol. The molecule has 0 aliphatic rings. The van der Waals surface area contributed by atoms with Crippen LogP contribution in [0.1, 0.15) is 412 Å². The zero-order valence-corrected chi connectivity index (χ0v) is 52.1. The molecule has 6 heteroatoms. The summed E-state index contributed by atoms with van der Waals surface area (Å²) in [7, 11) is 0. The lowest BCUT2D eigenvalue weighted by atomic mass is 9.99. The third-order valence-electron chi connectivity index (χ3n) is 17.3. The van der Waals surface area contributed by atoms with Crippen LogP contribution >= 0.6 is 0 Å². The second-order valence-electron chi connectivity index (χ2n) is 25.0. The van der Waals surface area contributed by atoms with E-state index in [0.717, 1.165) is 38.5 Å². The zero-order valence-electron chi connectivity index (χ0n) is 52.1. The Bertz CT molecular complexity index is 1070. The van der Waals surface area contributed by atoms with Crippen LogP contribution in [0.5, 0.6) is 0 Å². The van der Waals surface area contributed by atoms with Crippen molar-refractivity contribution < 1.29 is 25.2 Å². The number of carbonyl (C=O) groups is 1. The highest BCUT2D eigenvalue weighted by Crippen LogP contribution is 2.20. The van der Waals surface area contributed by atoms with Gasteiger partial charge in [-0.05, 0) is 12.8 Å². The Labute approximate surface area is 477 Å². The first-order chi connectivity index (χ1) is 37.5. The molecule has 0 fully saturated rings. The molecule has 0 aromatic rings. The lowest BCUT2D eigenvalue weighted by molar-refractivity contribution is -0.132. The van der Waals surface area contributed by atoms with Crippen LogP contribution in [0.15, 0.2) is 0 Å². The van der Waals surface area contributed by atoms with E-state index in [4.69, 9.17) is 0 Å². The Kier molecular flexibility index (Phi) is 64.5. The van der Waals surface area contributed by atoms with E-state index in [1.165, 1.54) is 347 Å². The molecule has 0 heterocycles. The molecule has 0 saturated carbocycles. The summed E-state index contributed by atoms with van der Waals surface area (Å²) in [6, 6.07) is -0.982. The lowest BCUT2D eigenvalue weighted by Crippen LogP contribution is -2.53. The van der Waals surface area contributed by atoms with Crippen molar-refractivity contribution in [2.24, 2.45) is 0 Å². The predicted octanol–water partition coefficient (Wildman–Crippen LogP) is 21.8. The number of aliphatic hydroxyl groups excluding tert-OH is 4. The minimum Gasteiger partial charge on any atom is -0.394 e. The van der Waals surface area contributed by atoms with E-state index in [1.807, 2.05) is 0 Å². The van der Waals surface area contributed by atoms with Crippen molar-refractivity contribution in [1.82, 2.24) is 5.32 Å². The molecule has 0 radical (unpaired) electrons. The van der Waals surface area contributed by atoms with Gasteiger partial charge in [-0.3, -0.25) is 4.79 Å². The quantitative estimate of drug-likeness (QED) is 0.0390. The normalized spacial score (nSPS) is 13.4. The minimum absolute atomic E-state index is 0.377. The molecule has 0 aromatic carbocycles. The first-order valence-electron chi connectivity index (χ1n) is 35.4. The van der Waals surface area contributed by atoms with Gasteiger partial charge in [-0.25, -0.2) is 0 Å². The molecule has 456 valence electrons. The van der Waals surface area contributed by atoms with Crippen LogP contribution in [-0.2, 0) is 4.79 Å². The molecule has 0 aromatic heterocycles. The van der Waals surface area contributed by atoms with Gasteiger partial charge in [0.15, 0.2) is 0 Å². The number of rotatable bonds is 67. The van der Waals surface area contributed by atoms with Gasteiger partial charge in [-0.1, -0.05) is 399 Å². The second kappa shape index (κ2) is 65.1. The molecule has 76 heavy (non-hydrogen) atoms. The molecule has 1 amide bonds. The summed E-state index contributed by atoms with van der Waals surface area (Å²) < 4.78 is 0. The van der Waals surface area contributed by atoms with E-state index in [0.29, 0.717) is 12.8 Å². The van der Waals surface area contributed by atoms with Crippen molar-refractivity contribution in [2.75, 3.05) is 6.61 Å². The fraction of sp³-hybridized carbons (Fsp3) is 0.986. The fourth-order valence-electron chi connectivity index (χ4n) is 11.8. The Hall–Kier alpha value is -0.690. The summed E-state index contributed by atoms with van der Waals surface area (Å²) in [6.07, 6.45) is 79.5. The van der Waals surface area contributed by atoms with Gasteiger partial charge in [0.05, 0.1) is 18.8 Å². The smallest absolute Gasteiger partial charge is 0.249 e. The first-order valence-corrected chi connectivity index (χ1v) is 35.4. The molecule has 0 aliphatic heterocycles. The van der Waals surface area contributed by atoms with Crippen molar-refractivity contribution in [3.05, 3.63) is 0 Å². The number of unbranched alkanes of at least 4 members (excludes halogenated alkanes) is 58. The van der Waals surface area contributed by atoms with Crippen LogP contribution < -0.4 is 5.32 Å². The van der Waals surface area contributed by atoms with Crippen molar-refractivity contribution in [2.45, 2.75) is 436 Å². The average Bonchev–Trinajstić information content (AvgIpc) is 3.42. The fourth-order valence-corrected chi connectivity index (χ4v) is 11.8. The first kappa shape index (κ1) is 75.3. The van der Waals surface area contributed by atoms with Gasteiger partial charge in [-0.2, -0.15) is 0 Å². The van der Waals surface area contributed by atoms with Crippen LogP contribution in [0.4, 0.5) is 0 Å². The van der Waals surface area contributed by atoms with Crippen LogP contribution in [0.2, 0.25) is 0 Å². The van der Waals surface area contributed by atoms with Crippen molar-refractivity contribution in [3.8, 4) is 0 Å². The van der Waals surface area contributed by atoms with Crippen LogP contribution in [-0.4, -0.2) is 57.3 Å². The zero-order chi connectivity index (χ0) is 55.1. The summed E-state index contributed by atoms with van der Waals surface area (Å²) in [4.78, 5) is 12.7. The third-order valence-corrected chi connectivity index (χ3v) is 17.3. The largest absolute Gasteiger partial charge is 0.394 e. The van der Waals surface area contributed by atoms with Gasteiger partial charge in [0.2, 0.25) is 5.91 Å². The molecule has 4 unspecified atom stereocenters. The standard InChI is InChI=1S/C70H141NO5/c1-3-5-7-9-11-13-15-17-19-21-23-25-27-29-31-33-34-35-36-38-39-41-43-45-47-49-51-53-55-57-59-61-63-67(73)69(75)66(65-72)71-70(76)68(74)64-62-60-58-56-54-52-50-48-46-44-42-40-37-32-30-28-26-24-22-20-18-16-14-12-10-8-6-4-2/h66-69,72-75H,3-65H2,1-2H3,(H,71,76). The van der Waals surface area contributed by atoms with Gasteiger partial charge in [-0.15, -0.1) is 0 Å². The third kappa shape index (κ3) is 58.0. The summed E-state index contributed by atoms with van der Waals surface area (Å²) in [6.45, 7) is 4.12. The van der Waals surface area contributed by atoms with E-state index in [-0.39, 0.29) is 0 Å². The molecule has 0 aliphatic carbocycles. The van der Waals surface area contributed by atoms with Crippen LogP contribution in [0.25, 0.3) is 0 Å². The van der Waals surface area contributed by atoms with E-state index in [2.05, 4.69) is 19.2 Å². The van der Waals surface area contributed by atoms with Crippen LogP contribution in [0.3, 0.4) is 0 Å². The minimum atomic E-state index is -1.26. The Morgan fingerprint density at radius 1 is 0.276 bits per heavy atom. The molecule has 0 rings (SSSR count). The number of aliphatic hydroxyl groups is 4. The maximum atomic E-state index is 12.7. The maximum Gasteiger partial charge on any atom is 0.249 e. The van der Waals surface area contributed by atoms with Gasteiger partial charge in [0, 0.05) is 0 Å². The highest BCUT2D eigenvalue weighted by atomic mass is 16.3. The molecule has 0 bridgehead atoms. The van der Waals surface area contributed by atoms with Crippen molar-refractivity contribution >= 4 is 5.91 Å². The van der Waals surface area contributed by atoms with E-state index in [9.17, 15) is 25.2 Å². The van der Waals surface area contributed by atoms with E-state index < -0.39 is 36.9 Å². The second-order valence-corrected chi connectivity index (χ2v) is 25.0. The Balaban J connectivity index is 3.50. The summed E-state index contributed by atoms with van der Waals surface area (Å²) in [5.41, 5.74) is 0. The summed E-state index contributed by atoms with van der Waals surface area (Å²) in [5, 5.41) is 44.3. The van der Waals surface area contributed by atoms with Crippen LogP contribution in [0, 0.1) is 0 Å². The molecule has 0 spiro atoms. The summed E-state index contributed by atoms with van der Waals surface area (Å²) in [5.74, 6) is -0.573. The Morgan fingerprint density at radius 2 is 0.447 bits per heavy atom. The molecular formula is C70H141NO5. The number of nitrogens with one attached hydrogen (secondary N) is 1. The highest BCUT2D eigenvalue weighted by molar-refractivity contribution is 5.80. The van der Waals surface area contributed by atoms with E-state index in [1.54, 1.807) is 0 Å². The van der Waals surface area contributed by atoms with Gasteiger partial charge < -0.3 is 25.7 Å². The predicted molar refractivity (Wildman–Crippen MR) is 335 cm³/mol. The van der Waals surface area contributed by atoms with Gasteiger partial charge in [0.1, 0.15) is 12.2 Å². The maximum absolute atomic E-state index is 12.7. The number of hydrogen-bond acceptors (Lipinski definition) is 5. The monoisotopic (exact) mass is 1080 g/mol. The molecule has 6 nitrogen and oxygen atoms in total. The Morgan fingerprint density at radius 3 is 0.632 bits per heavy atom. The lowest BCUT2D eigenvalue weighted by Gasteiger charge is -2.27. The number of carbonyl (C=O) groups excluding carboxylic acids is 1. The molecule has 5 N–H and O–H groups in total. The SMILES string of the molecule is CCCCCCCCCCCCCCCCCCCCCCCCCCCCCCCCCCC(O)C(O)C(CO)NC(=O)C(O)CCCCCCCCCCCCCCCCCCCCCCCCCCCCCC. The average molecular weight is 1080 g/mol. The number of amides is 1. The van der Waals surface area contributed by atoms with Crippen molar-refractivity contribution in [3.63, 3.8) is 0 Å². The summed E-state index contributed by atoms with van der Waals surface area (Å²) >= 11 is 0. The topological polar surface area (TPSA) is 110 Å². The number of hydrogen-bond donors (Lipinski definition) is 5.